The first-order valence-corrected chi connectivity index (χ1v) is 11.4. The third kappa shape index (κ3) is 6.40. The molecule has 5 N–H and O–H groups in total. The number of benzene rings is 1. The molecule has 0 radical (unpaired) electrons. The van der Waals surface area contributed by atoms with Crippen molar-refractivity contribution in [3.63, 3.8) is 0 Å². The monoisotopic (exact) mass is 462 g/mol. The first-order chi connectivity index (χ1) is 16.6. The van der Waals surface area contributed by atoms with Crippen molar-refractivity contribution in [2.45, 2.75) is 6.42 Å². The average molecular weight is 463 g/mol. The van der Waals surface area contributed by atoms with Crippen LogP contribution in [0.15, 0.2) is 54.9 Å². The van der Waals surface area contributed by atoms with E-state index in [0.717, 1.165) is 67.6 Å². The Morgan fingerprint density at radius 1 is 1.09 bits per heavy atom. The van der Waals surface area contributed by atoms with E-state index in [9.17, 15) is 4.79 Å². The van der Waals surface area contributed by atoms with E-state index in [2.05, 4.69) is 42.6 Å². The molecule has 178 valence electrons. The number of hydrogen-bond acceptors (Lipinski definition) is 9. The second kappa shape index (κ2) is 11.4. The molecule has 0 saturated carbocycles. The molecule has 1 fully saturated rings. The fourth-order valence-corrected chi connectivity index (χ4v) is 3.81. The van der Waals surface area contributed by atoms with Crippen molar-refractivity contribution in [2.24, 2.45) is 5.73 Å². The first kappa shape index (κ1) is 23.4. The van der Waals surface area contributed by atoms with Crippen LogP contribution in [0.4, 0.5) is 23.1 Å². The van der Waals surface area contributed by atoms with Gasteiger partial charge >= 0.3 is 5.97 Å². The van der Waals surface area contributed by atoms with Crippen LogP contribution in [-0.2, 0) is 4.79 Å². The van der Waals surface area contributed by atoms with Gasteiger partial charge in [0.15, 0.2) is 0 Å². The zero-order valence-corrected chi connectivity index (χ0v) is 19.0. The minimum Gasteiger partial charge on any atom is -0.480 e. The molecule has 3 heterocycles. The van der Waals surface area contributed by atoms with E-state index in [1.54, 1.807) is 12.4 Å². The summed E-state index contributed by atoms with van der Waals surface area (Å²) < 4.78 is 0. The Balaban J connectivity index is 1.39. The lowest BCUT2D eigenvalue weighted by Crippen LogP contribution is -2.47. The van der Waals surface area contributed by atoms with Gasteiger partial charge in [-0.1, -0.05) is 6.07 Å². The highest BCUT2D eigenvalue weighted by molar-refractivity contribution is 5.69. The van der Waals surface area contributed by atoms with E-state index in [4.69, 9.17) is 10.8 Å². The molecule has 0 aliphatic carbocycles. The van der Waals surface area contributed by atoms with Gasteiger partial charge in [0.1, 0.15) is 5.82 Å². The van der Waals surface area contributed by atoms with Crippen LogP contribution in [0.1, 0.15) is 6.42 Å². The van der Waals surface area contributed by atoms with E-state index < -0.39 is 5.97 Å². The number of rotatable bonds is 10. The molecule has 3 aromatic rings. The Hall–Kier alpha value is -3.76. The summed E-state index contributed by atoms with van der Waals surface area (Å²) in [7, 11) is 0. The first-order valence-electron chi connectivity index (χ1n) is 11.4. The van der Waals surface area contributed by atoms with Gasteiger partial charge in [0.05, 0.1) is 12.2 Å². The minimum absolute atomic E-state index is 0.0894. The Labute approximate surface area is 198 Å². The molecule has 0 amide bonds. The van der Waals surface area contributed by atoms with E-state index >= 15 is 0 Å². The maximum absolute atomic E-state index is 10.9. The molecule has 2 aromatic heterocycles. The number of carboxylic acid groups (broad SMARTS) is 1. The van der Waals surface area contributed by atoms with Crippen LogP contribution < -0.4 is 21.3 Å². The SMILES string of the molecule is NCCCNc1ccc(-c2ccnc(Nc3cccc(N4CCN(CC(=O)O)CC4)c3)n2)cn1. The minimum atomic E-state index is -0.784. The third-order valence-electron chi connectivity index (χ3n) is 5.60. The fraction of sp³-hybridized carbons (Fsp3) is 0.333. The number of nitrogens with two attached hydrogens (primary N) is 1. The van der Waals surface area contributed by atoms with Crippen molar-refractivity contribution in [1.82, 2.24) is 19.9 Å². The highest BCUT2D eigenvalue weighted by atomic mass is 16.4. The summed E-state index contributed by atoms with van der Waals surface area (Å²) in [5, 5.41) is 15.5. The molecule has 10 heteroatoms. The Morgan fingerprint density at radius 2 is 1.94 bits per heavy atom. The molecule has 1 aliphatic rings. The zero-order valence-electron chi connectivity index (χ0n) is 19.0. The molecule has 0 spiro atoms. The molecule has 1 saturated heterocycles. The van der Waals surface area contributed by atoms with Crippen molar-refractivity contribution < 1.29 is 9.90 Å². The number of piperazine rings is 1. The predicted octanol–water partition coefficient (Wildman–Crippen LogP) is 2.25. The van der Waals surface area contributed by atoms with Crippen LogP contribution in [0, 0.1) is 0 Å². The number of hydrogen-bond donors (Lipinski definition) is 4. The summed E-state index contributed by atoms with van der Waals surface area (Å²) in [6.07, 6.45) is 4.41. The van der Waals surface area contributed by atoms with Crippen molar-refractivity contribution in [3.05, 3.63) is 54.9 Å². The van der Waals surface area contributed by atoms with Gasteiger partial charge in [-0.25, -0.2) is 15.0 Å². The van der Waals surface area contributed by atoms with Gasteiger partial charge in [-0.05, 0) is 49.4 Å². The van der Waals surface area contributed by atoms with E-state index in [0.29, 0.717) is 12.5 Å². The summed E-state index contributed by atoms with van der Waals surface area (Å²) in [4.78, 5) is 28.6. The molecule has 10 nitrogen and oxygen atoms in total. The molecule has 1 aromatic carbocycles. The lowest BCUT2D eigenvalue weighted by atomic mass is 10.2. The molecular weight excluding hydrogens is 432 g/mol. The summed E-state index contributed by atoms with van der Waals surface area (Å²) in [6, 6.07) is 13.9. The molecular formula is C24H30N8O2. The number of nitrogens with zero attached hydrogens (tertiary/aromatic N) is 5. The number of carboxylic acids is 1. The molecule has 34 heavy (non-hydrogen) atoms. The average Bonchev–Trinajstić information content (AvgIpc) is 2.85. The molecule has 0 unspecified atom stereocenters. The van der Waals surface area contributed by atoms with E-state index in [1.807, 2.05) is 35.2 Å². The van der Waals surface area contributed by atoms with Crippen molar-refractivity contribution in [2.75, 3.05) is 61.3 Å². The normalized spacial score (nSPS) is 14.1. The number of anilines is 4. The predicted molar refractivity (Wildman–Crippen MR) is 133 cm³/mol. The lowest BCUT2D eigenvalue weighted by Gasteiger charge is -2.35. The quantitative estimate of drug-likeness (QED) is 0.333. The van der Waals surface area contributed by atoms with Crippen LogP contribution in [0.5, 0.6) is 0 Å². The van der Waals surface area contributed by atoms with Crippen molar-refractivity contribution in [3.8, 4) is 11.3 Å². The number of aliphatic carboxylic acids is 1. The van der Waals surface area contributed by atoms with Gasteiger partial charge in [-0.15, -0.1) is 0 Å². The van der Waals surface area contributed by atoms with Gasteiger partial charge in [0.25, 0.3) is 0 Å². The maximum Gasteiger partial charge on any atom is 0.317 e. The summed E-state index contributed by atoms with van der Waals surface area (Å²) in [5.74, 6) is 0.532. The van der Waals surface area contributed by atoms with Gasteiger partial charge < -0.3 is 26.4 Å². The van der Waals surface area contributed by atoms with E-state index in [1.165, 1.54) is 0 Å². The summed E-state index contributed by atoms with van der Waals surface area (Å²) >= 11 is 0. The summed E-state index contributed by atoms with van der Waals surface area (Å²) in [6.45, 7) is 4.55. The second-order valence-corrected chi connectivity index (χ2v) is 8.10. The molecule has 0 atom stereocenters. The molecule has 4 rings (SSSR count). The van der Waals surface area contributed by atoms with Crippen molar-refractivity contribution in [1.29, 1.82) is 0 Å². The Bertz CT molecular complexity index is 1080. The topological polar surface area (TPSA) is 133 Å². The maximum atomic E-state index is 10.9. The van der Waals surface area contributed by atoms with Gasteiger partial charge in [-0.2, -0.15) is 0 Å². The number of carbonyl (C=O) groups is 1. The zero-order chi connectivity index (χ0) is 23.8. The Kier molecular flexibility index (Phi) is 7.84. The van der Waals surface area contributed by atoms with Crippen LogP contribution in [-0.4, -0.2) is 76.7 Å². The van der Waals surface area contributed by atoms with Crippen LogP contribution >= 0.6 is 0 Å². The van der Waals surface area contributed by atoms with Gasteiger partial charge in [-0.3, -0.25) is 9.69 Å². The largest absolute Gasteiger partial charge is 0.480 e. The Morgan fingerprint density at radius 3 is 2.68 bits per heavy atom. The third-order valence-corrected chi connectivity index (χ3v) is 5.60. The van der Waals surface area contributed by atoms with Crippen LogP contribution in [0.3, 0.4) is 0 Å². The van der Waals surface area contributed by atoms with Crippen LogP contribution in [0.2, 0.25) is 0 Å². The summed E-state index contributed by atoms with van der Waals surface area (Å²) in [5.41, 5.74) is 9.18. The van der Waals surface area contributed by atoms with E-state index in [-0.39, 0.29) is 6.54 Å². The van der Waals surface area contributed by atoms with Crippen LogP contribution in [0.25, 0.3) is 11.3 Å². The smallest absolute Gasteiger partial charge is 0.317 e. The standard InChI is InChI=1S/C24H30N8O2/c25-8-2-9-26-22-6-5-18(16-28-22)21-7-10-27-24(30-21)29-19-3-1-4-20(15-19)32-13-11-31(12-14-32)17-23(33)34/h1,3-7,10,15-16H,2,8-9,11-14,17,25H2,(H,26,28)(H,33,34)(H,27,29,30). The molecule has 1 aliphatic heterocycles. The highest BCUT2D eigenvalue weighted by Crippen LogP contribution is 2.24. The second-order valence-electron chi connectivity index (χ2n) is 8.10. The highest BCUT2D eigenvalue weighted by Gasteiger charge is 2.19. The number of pyridine rings is 1. The van der Waals surface area contributed by atoms with Gasteiger partial charge in [0, 0.05) is 62.1 Å². The number of nitrogens with one attached hydrogen (secondary N) is 2. The number of aromatic nitrogens is 3. The van der Waals surface area contributed by atoms with Crippen molar-refractivity contribution >= 4 is 29.1 Å². The van der Waals surface area contributed by atoms with Gasteiger partial charge in [0.2, 0.25) is 5.95 Å². The lowest BCUT2D eigenvalue weighted by molar-refractivity contribution is -0.138. The fourth-order valence-electron chi connectivity index (χ4n) is 3.81. The molecule has 0 bridgehead atoms.